The zero-order valence-electron chi connectivity index (χ0n) is 18.6. The van der Waals surface area contributed by atoms with E-state index in [4.69, 9.17) is 12.2 Å². The van der Waals surface area contributed by atoms with Crippen molar-refractivity contribution < 1.29 is 13.2 Å². The lowest BCUT2D eigenvalue weighted by molar-refractivity contribution is -0.141. The van der Waals surface area contributed by atoms with Crippen LogP contribution in [0.3, 0.4) is 0 Å². The lowest BCUT2D eigenvalue weighted by Gasteiger charge is -2.38. The monoisotopic (exact) mass is 477 g/mol. The number of hydrogen-bond acceptors (Lipinski definition) is 4. The molecule has 2 aliphatic rings. The Kier molecular flexibility index (Phi) is 7.36. The van der Waals surface area contributed by atoms with Crippen molar-refractivity contribution in [1.82, 2.24) is 15.3 Å². The Balaban J connectivity index is 1.49. The van der Waals surface area contributed by atoms with Gasteiger partial charge in [-0.3, -0.25) is 0 Å². The molecule has 1 aliphatic carbocycles. The summed E-state index contributed by atoms with van der Waals surface area (Å²) in [7, 11) is 0. The van der Waals surface area contributed by atoms with E-state index in [1.807, 2.05) is 23.1 Å². The van der Waals surface area contributed by atoms with Gasteiger partial charge in [-0.1, -0.05) is 49.6 Å². The molecule has 1 aromatic heterocycles. The van der Waals surface area contributed by atoms with Crippen LogP contribution >= 0.6 is 12.2 Å². The van der Waals surface area contributed by atoms with Gasteiger partial charge in [0.2, 0.25) is 5.95 Å². The molecule has 1 saturated carbocycles. The molecule has 2 fully saturated rings. The van der Waals surface area contributed by atoms with E-state index in [0.717, 1.165) is 51.0 Å². The van der Waals surface area contributed by atoms with Crippen molar-refractivity contribution in [3.63, 3.8) is 0 Å². The minimum absolute atomic E-state index is 0.0428. The van der Waals surface area contributed by atoms with Crippen LogP contribution < -0.4 is 15.5 Å². The first-order chi connectivity index (χ1) is 15.9. The van der Waals surface area contributed by atoms with Crippen molar-refractivity contribution in [3.8, 4) is 0 Å². The first-order valence-corrected chi connectivity index (χ1v) is 12.1. The highest BCUT2D eigenvalue weighted by Crippen LogP contribution is 2.39. The zero-order valence-corrected chi connectivity index (χ0v) is 19.4. The van der Waals surface area contributed by atoms with Gasteiger partial charge in [-0.15, -0.1) is 0 Å². The average Bonchev–Trinajstić information content (AvgIpc) is 2.84. The molecule has 2 aromatic rings. The second-order valence-corrected chi connectivity index (χ2v) is 9.40. The Morgan fingerprint density at radius 1 is 0.970 bits per heavy atom. The number of halogens is 3. The summed E-state index contributed by atoms with van der Waals surface area (Å²) >= 11 is 5.44. The SMILES string of the molecule is FC(F)(F)c1cc(N2CCCCC2)nc(NC(=S)NCC2(c3ccccc3)CCCCC2)n1. The smallest absolute Gasteiger partial charge is 0.361 e. The summed E-state index contributed by atoms with van der Waals surface area (Å²) in [5.41, 5.74) is 0.262. The fraction of sp³-hybridized carbons (Fsp3) is 0.542. The maximum absolute atomic E-state index is 13.5. The maximum atomic E-state index is 13.5. The minimum Gasteiger partial charge on any atom is -0.361 e. The number of hydrogen-bond donors (Lipinski definition) is 2. The van der Waals surface area contributed by atoms with E-state index in [1.54, 1.807) is 0 Å². The molecule has 0 radical (unpaired) electrons. The summed E-state index contributed by atoms with van der Waals surface area (Å²) in [6.07, 6.45) is 4.01. The molecule has 0 atom stereocenters. The van der Waals surface area contributed by atoms with Crippen LogP contribution in [0.4, 0.5) is 24.9 Å². The second kappa shape index (κ2) is 10.2. The summed E-state index contributed by atoms with van der Waals surface area (Å²) in [6.45, 7) is 1.99. The molecular weight excluding hydrogens is 447 g/mol. The van der Waals surface area contributed by atoms with Gasteiger partial charge in [-0.25, -0.2) is 4.98 Å². The molecular formula is C24H30F3N5S. The molecule has 5 nitrogen and oxygen atoms in total. The van der Waals surface area contributed by atoms with E-state index in [9.17, 15) is 13.2 Å². The minimum atomic E-state index is -4.56. The number of benzene rings is 1. The maximum Gasteiger partial charge on any atom is 0.433 e. The van der Waals surface area contributed by atoms with Gasteiger partial charge >= 0.3 is 6.18 Å². The quantitative estimate of drug-likeness (QED) is 0.541. The Labute approximate surface area is 198 Å². The highest BCUT2D eigenvalue weighted by molar-refractivity contribution is 7.80. The number of thiocarbonyl (C=S) groups is 1. The number of piperidine rings is 1. The van der Waals surface area contributed by atoms with Gasteiger partial charge in [-0.2, -0.15) is 18.2 Å². The number of nitrogens with one attached hydrogen (secondary N) is 2. The van der Waals surface area contributed by atoms with Crippen LogP contribution in [0, 0.1) is 0 Å². The van der Waals surface area contributed by atoms with Crippen LogP contribution in [0.5, 0.6) is 0 Å². The van der Waals surface area contributed by atoms with E-state index >= 15 is 0 Å². The van der Waals surface area contributed by atoms with Crippen LogP contribution in [0.15, 0.2) is 36.4 Å². The van der Waals surface area contributed by atoms with E-state index in [1.165, 1.54) is 12.0 Å². The molecule has 1 aliphatic heterocycles. The van der Waals surface area contributed by atoms with Gasteiger partial charge in [0.25, 0.3) is 0 Å². The molecule has 178 valence electrons. The van der Waals surface area contributed by atoms with Gasteiger partial charge in [0.15, 0.2) is 10.8 Å². The second-order valence-electron chi connectivity index (χ2n) is 9.00. The van der Waals surface area contributed by atoms with Crippen molar-refractivity contribution >= 4 is 29.1 Å². The van der Waals surface area contributed by atoms with E-state index in [2.05, 4.69) is 32.7 Å². The van der Waals surface area contributed by atoms with Crippen LogP contribution in [0.2, 0.25) is 0 Å². The molecule has 1 saturated heterocycles. The van der Waals surface area contributed by atoms with E-state index in [0.29, 0.717) is 19.6 Å². The van der Waals surface area contributed by atoms with Crippen LogP contribution in [0.1, 0.15) is 62.6 Å². The van der Waals surface area contributed by atoms with Crippen LogP contribution in [-0.4, -0.2) is 34.7 Å². The van der Waals surface area contributed by atoms with Crippen molar-refractivity contribution in [2.75, 3.05) is 29.9 Å². The molecule has 2 heterocycles. The van der Waals surface area contributed by atoms with Gasteiger partial charge in [-0.05, 0) is 49.9 Å². The summed E-state index contributed by atoms with van der Waals surface area (Å²) in [5, 5.41) is 6.29. The van der Waals surface area contributed by atoms with Gasteiger partial charge < -0.3 is 15.5 Å². The summed E-state index contributed by atoms with van der Waals surface area (Å²) in [5.74, 6) is 0.163. The first-order valence-electron chi connectivity index (χ1n) is 11.7. The Bertz CT molecular complexity index is 939. The summed E-state index contributed by atoms with van der Waals surface area (Å²) < 4.78 is 40.5. The lowest BCUT2D eigenvalue weighted by Crippen LogP contribution is -2.43. The predicted octanol–water partition coefficient (Wildman–Crippen LogP) is 5.67. The van der Waals surface area contributed by atoms with Crippen molar-refractivity contribution in [1.29, 1.82) is 0 Å². The first kappa shape index (κ1) is 23.7. The summed E-state index contributed by atoms with van der Waals surface area (Å²) in [4.78, 5) is 9.95. The highest BCUT2D eigenvalue weighted by atomic mass is 32.1. The van der Waals surface area contributed by atoms with Crippen LogP contribution in [-0.2, 0) is 11.6 Å². The molecule has 0 bridgehead atoms. The largest absolute Gasteiger partial charge is 0.433 e. The molecule has 4 rings (SSSR count). The normalized spacial score (nSPS) is 18.6. The molecule has 33 heavy (non-hydrogen) atoms. The van der Waals surface area contributed by atoms with E-state index in [-0.39, 0.29) is 22.3 Å². The fourth-order valence-electron chi connectivity index (χ4n) is 4.90. The van der Waals surface area contributed by atoms with Gasteiger partial charge in [0.1, 0.15) is 5.82 Å². The third kappa shape index (κ3) is 5.93. The van der Waals surface area contributed by atoms with Crippen LogP contribution in [0.25, 0.3) is 0 Å². The third-order valence-electron chi connectivity index (χ3n) is 6.69. The highest BCUT2D eigenvalue weighted by Gasteiger charge is 2.35. The zero-order chi connectivity index (χ0) is 23.3. The molecule has 0 unspecified atom stereocenters. The Morgan fingerprint density at radius 2 is 1.64 bits per heavy atom. The third-order valence-corrected chi connectivity index (χ3v) is 6.94. The van der Waals surface area contributed by atoms with E-state index < -0.39 is 11.9 Å². The lowest BCUT2D eigenvalue weighted by atomic mass is 9.69. The molecule has 1 aromatic carbocycles. The Hall–Kier alpha value is -2.42. The molecule has 0 amide bonds. The topological polar surface area (TPSA) is 53.1 Å². The molecule has 9 heteroatoms. The summed E-state index contributed by atoms with van der Waals surface area (Å²) in [6, 6.07) is 11.4. The van der Waals surface area contributed by atoms with Crippen molar-refractivity contribution in [2.45, 2.75) is 63.0 Å². The number of rotatable bonds is 5. The fourth-order valence-corrected chi connectivity index (χ4v) is 5.07. The molecule has 2 N–H and O–H groups in total. The number of anilines is 2. The number of alkyl halides is 3. The predicted molar refractivity (Wildman–Crippen MR) is 129 cm³/mol. The number of nitrogens with zero attached hydrogens (tertiary/aromatic N) is 3. The standard InChI is InChI=1S/C24H30F3N5S/c25-24(26,27)19-16-20(32-14-8-3-9-15-32)30-21(29-19)31-22(33)28-17-23(12-6-2-7-13-23)18-10-4-1-5-11-18/h1,4-5,10-11,16H,2-3,6-9,12-15,17H2,(H2,28,29,30,31,33). The van der Waals surface area contributed by atoms with Gasteiger partial charge in [0.05, 0.1) is 0 Å². The number of aromatic nitrogens is 2. The Morgan fingerprint density at radius 3 is 2.30 bits per heavy atom. The molecule has 0 spiro atoms. The van der Waals surface area contributed by atoms with Crippen molar-refractivity contribution in [2.24, 2.45) is 0 Å². The van der Waals surface area contributed by atoms with Gasteiger partial charge in [0, 0.05) is 31.1 Å². The van der Waals surface area contributed by atoms with Crippen molar-refractivity contribution in [3.05, 3.63) is 47.7 Å². The average molecular weight is 478 g/mol.